The summed E-state index contributed by atoms with van der Waals surface area (Å²) in [6.07, 6.45) is 0. The van der Waals surface area contributed by atoms with Gasteiger partial charge >= 0.3 is 0 Å². The highest BCUT2D eigenvalue weighted by Crippen LogP contribution is 2.25. The molecule has 3 rings (SSSR count). The van der Waals surface area contributed by atoms with Crippen LogP contribution in [0.15, 0.2) is 51.9 Å². The Morgan fingerprint density at radius 1 is 1.10 bits per heavy atom. The highest BCUT2D eigenvalue weighted by molar-refractivity contribution is 7.98. The van der Waals surface area contributed by atoms with Crippen molar-refractivity contribution in [3.05, 3.63) is 54.1 Å². The molecule has 0 unspecified atom stereocenters. The smallest absolute Gasteiger partial charge is 0.276 e. The van der Waals surface area contributed by atoms with Gasteiger partial charge in [0.05, 0.1) is 5.75 Å². The van der Waals surface area contributed by atoms with Crippen LogP contribution in [0.5, 0.6) is 0 Å². The molecular weight excluding hydrogens is 291 g/mol. The maximum absolute atomic E-state index is 13.5. The summed E-state index contributed by atoms with van der Waals surface area (Å²) in [4.78, 5) is 8.88. The van der Waals surface area contributed by atoms with Gasteiger partial charge in [-0.3, -0.25) is 0 Å². The molecule has 0 radical (unpaired) electrons. The molecule has 0 spiro atoms. The zero-order chi connectivity index (χ0) is 14.7. The Morgan fingerprint density at radius 2 is 1.95 bits per heavy atom. The average molecular weight is 302 g/mol. The molecule has 0 aliphatic rings. The molecule has 0 amide bonds. The van der Waals surface area contributed by atoms with Crippen molar-refractivity contribution in [2.75, 3.05) is 5.73 Å². The molecule has 0 saturated heterocycles. The fourth-order valence-corrected chi connectivity index (χ4v) is 2.47. The molecule has 2 heterocycles. The van der Waals surface area contributed by atoms with Crippen LogP contribution in [0.25, 0.3) is 11.6 Å². The van der Waals surface area contributed by atoms with Crippen LogP contribution >= 0.6 is 11.8 Å². The van der Waals surface area contributed by atoms with E-state index in [1.807, 2.05) is 0 Å². The lowest BCUT2D eigenvalue weighted by Crippen LogP contribution is -1.91. The predicted molar refractivity (Wildman–Crippen MR) is 77.9 cm³/mol. The molecule has 2 aromatic heterocycles. The first-order chi connectivity index (χ1) is 10.2. The van der Waals surface area contributed by atoms with Crippen LogP contribution in [-0.4, -0.2) is 15.1 Å². The van der Waals surface area contributed by atoms with E-state index in [2.05, 4.69) is 15.1 Å². The Hall–Kier alpha value is -2.41. The van der Waals surface area contributed by atoms with Gasteiger partial charge in [-0.2, -0.15) is 4.98 Å². The number of nitrogens with two attached hydrogens (primary N) is 1. The molecule has 3 aromatic rings. The van der Waals surface area contributed by atoms with Crippen LogP contribution in [-0.2, 0) is 5.75 Å². The minimum Gasteiger partial charge on any atom is -0.384 e. The van der Waals surface area contributed by atoms with Gasteiger partial charge in [0.25, 0.3) is 5.89 Å². The number of halogens is 1. The standard InChI is InChI=1S/C14H11FN4OS/c15-9-4-1-2-6-11(9)21-8-13-18-14(20-19-13)10-5-3-7-12(16)17-10/h1-7H,8H2,(H2,16,17). The second-order valence-electron chi connectivity index (χ2n) is 4.18. The summed E-state index contributed by atoms with van der Waals surface area (Å²) in [7, 11) is 0. The van der Waals surface area contributed by atoms with Gasteiger partial charge in [-0.1, -0.05) is 23.4 Å². The molecule has 0 saturated carbocycles. The summed E-state index contributed by atoms with van der Waals surface area (Å²) in [6, 6.07) is 11.7. The second kappa shape index (κ2) is 5.92. The van der Waals surface area contributed by atoms with Crippen LogP contribution < -0.4 is 5.73 Å². The molecule has 0 atom stereocenters. The Balaban J connectivity index is 1.72. The maximum atomic E-state index is 13.5. The Morgan fingerprint density at radius 3 is 2.76 bits per heavy atom. The molecule has 1 aromatic carbocycles. The minimum atomic E-state index is -0.260. The lowest BCUT2D eigenvalue weighted by Gasteiger charge is -1.99. The third-order valence-corrected chi connectivity index (χ3v) is 3.70. The largest absolute Gasteiger partial charge is 0.384 e. The first kappa shape index (κ1) is 13.6. The van der Waals surface area contributed by atoms with E-state index in [1.54, 1.807) is 36.4 Å². The highest BCUT2D eigenvalue weighted by atomic mass is 32.2. The van der Waals surface area contributed by atoms with Crippen molar-refractivity contribution in [2.24, 2.45) is 0 Å². The summed E-state index contributed by atoms with van der Waals surface area (Å²) in [5, 5.41) is 3.86. The lowest BCUT2D eigenvalue weighted by atomic mass is 10.3. The van der Waals surface area contributed by atoms with Crippen LogP contribution in [0.2, 0.25) is 0 Å². The average Bonchev–Trinajstić information content (AvgIpc) is 2.95. The molecule has 106 valence electrons. The van der Waals surface area contributed by atoms with Gasteiger partial charge in [0.15, 0.2) is 5.82 Å². The third kappa shape index (κ3) is 3.19. The fourth-order valence-electron chi connectivity index (χ4n) is 1.69. The van der Waals surface area contributed by atoms with E-state index in [1.165, 1.54) is 17.8 Å². The third-order valence-electron chi connectivity index (χ3n) is 2.65. The SMILES string of the molecule is Nc1cccc(-c2nc(CSc3ccccc3F)no2)n1. The molecule has 21 heavy (non-hydrogen) atoms. The number of pyridine rings is 1. The van der Waals surface area contributed by atoms with E-state index in [4.69, 9.17) is 10.3 Å². The van der Waals surface area contributed by atoms with E-state index in [-0.39, 0.29) is 5.82 Å². The summed E-state index contributed by atoms with van der Waals surface area (Å²) in [5.74, 6) is 1.30. The number of rotatable bonds is 4. The zero-order valence-electron chi connectivity index (χ0n) is 10.9. The molecule has 2 N–H and O–H groups in total. The van der Waals surface area contributed by atoms with Gasteiger partial charge in [0.2, 0.25) is 0 Å². The number of nitrogen functional groups attached to an aromatic ring is 1. The van der Waals surface area contributed by atoms with E-state index >= 15 is 0 Å². The number of benzene rings is 1. The summed E-state index contributed by atoms with van der Waals surface area (Å²) < 4.78 is 18.6. The summed E-state index contributed by atoms with van der Waals surface area (Å²) >= 11 is 1.31. The Labute approximate surface area is 124 Å². The number of thioether (sulfide) groups is 1. The Bertz CT molecular complexity index is 762. The normalized spacial score (nSPS) is 10.7. The maximum Gasteiger partial charge on any atom is 0.276 e. The van der Waals surface area contributed by atoms with Crippen molar-refractivity contribution in [1.82, 2.24) is 15.1 Å². The van der Waals surface area contributed by atoms with Gasteiger partial charge < -0.3 is 10.3 Å². The molecule has 0 aliphatic heterocycles. The number of nitrogens with zero attached hydrogens (tertiary/aromatic N) is 3. The first-order valence-corrected chi connectivity index (χ1v) is 7.14. The van der Waals surface area contributed by atoms with Crippen molar-refractivity contribution in [3.8, 4) is 11.6 Å². The first-order valence-electron chi connectivity index (χ1n) is 6.15. The molecular formula is C14H11FN4OS. The van der Waals surface area contributed by atoms with Crippen LogP contribution in [0.4, 0.5) is 10.2 Å². The fraction of sp³-hybridized carbons (Fsp3) is 0.0714. The van der Waals surface area contributed by atoms with Crippen molar-refractivity contribution < 1.29 is 8.91 Å². The van der Waals surface area contributed by atoms with E-state index in [0.717, 1.165) is 0 Å². The minimum absolute atomic E-state index is 0.260. The molecule has 0 fully saturated rings. The lowest BCUT2D eigenvalue weighted by molar-refractivity contribution is 0.424. The monoisotopic (exact) mass is 302 g/mol. The number of hydrogen-bond donors (Lipinski definition) is 1. The molecule has 0 bridgehead atoms. The van der Waals surface area contributed by atoms with E-state index < -0.39 is 0 Å². The highest BCUT2D eigenvalue weighted by Gasteiger charge is 2.11. The van der Waals surface area contributed by atoms with Crippen LogP contribution in [0.3, 0.4) is 0 Å². The van der Waals surface area contributed by atoms with Gasteiger partial charge in [-0.25, -0.2) is 9.37 Å². The Kier molecular flexibility index (Phi) is 3.83. The molecule has 5 nitrogen and oxygen atoms in total. The van der Waals surface area contributed by atoms with Crippen molar-refractivity contribution in [3.63, 3.8) is 0 Å². The quantitative estimate of drug-likeness (QED) is 0.746. The number of anilines is 1. The number of aromatic nitrogens is 3. The predicted octanol–water partition coefficient (Wildman–Crippen LogP) is 3.15. The van der Waals surface area contributed by atoms with Crippen molar-refractivity contribution >= 4 is 17.6 Å². The van der Waals surface area contributed by atoms with Gasteiger partial charge in [-0.15, -0.1) is 11.8 Å². The van der Waals surface area contributed by atoms with Crippen LogP contribution in [0, 0.1) is 5.82 Å². The summed E-state index contributed by atoms with van der Waals surface area (Å²) in [5.41, 5.74) is 6.13. The van der Waals surface area contributed by atoms with Gasteiger partial charge in [-0.05, 0) is 24.3 Å². The van der Waals surface area contributed by atoms with Gasteiger partial charge in [0.1, 0.15) is 17.3 Å². The van der Waals surface area contributed by atoms with E-state index in [0.29, 0.717) is 33.9 Å². The second-order valence-corrected chi connectivity index (χ2v) is 5.20. The van der Waals surface area contributed by atoms with Crippen molar-refractivity contribution in [1.29, 1.82) is 0 Å². The van der Waals surface area contributed by atoms with Crippen LogP contribution in [0.1, 0.15) is 5.82 Å². The van der Waals surface area contributed by atoms with Crippen molar-refractivity contribution in [2.45, 2.75) is 10.6 Å². The topological polar surface area (TPSA) is 77.8 Å². The summed E-state index contributed by atoms with van der Waals surface area (Å²) in [6.45, 7) is 0. The zero-order valence-corrected chi connectivity index (χ0v) is 11.7. The number of hydrogen-bond acceptors (Lipinski definition) is 6. The molecule has 7 heteroatoms. The molecule has 0 aliphatic carbocycles. The van der Waals surface area contributed by atoms with E-state index in [9.17, 15) is 4.39 Å². The van der Waals surface area contributed by atoms with Gasteiger partial charge in [0, 0.05) is 4.90 Å².